The van der Waals surface area contributed by atoms with Crippen LogP contribution in [0.15, 0.2) is 12.7 Å². The molecule has 0 saturated heterocycles. The summed E-state index contributed by atoms with van der Waals surface area (Å²) in [4.78, 5) is 0. The lowest BCUT2D eigenvalue weighted by atomic mass is 10.2. The molecule has 80 valence electrons. The normalized spacial score (nSPS) is 13.1. The predicted molar refractivity (Wildman–Crippen MR) is 51.3 cm³/mol. The topological polar surface area (TPSA) is 61.2 Å². The van der Waals surface area contributed by atoms with Gasteiger partial charge in [0.15, 0.2) is 6.29 Å². The second-order valence-corrected chi connectivity index (χ2v) is 2.85. The third-order valence-corrected chi connectivity index (χ3v) is 1.97. The van der Waals surface area contributed by atoms with Crippen molar-refractivity contribution in [3.63, 3.8) is 0 Å². The monoisotopic (exact) mass is 200 g/mol. The summed E-state index contributed by atoms with van der Waals surface area (Å²) in [7, 11) is 3.23. The molecule has 0 aliphatic rings. The molecule has 0 fully saturated rings. The maximum absolute atomic E-state index is 5.16. The smallest absolute Gasteiger partial charge is 0.178 e. The molecule has 0 bridgehead atoms. The van der Waals surface area contributed by atoms with E-state index in [0.29, 0.717) is 0 Å². The molecule has 6 nitrogen and oxygen atoms in total. The molecule has 1 atom stereocenters. The number of aromatic nitrogens is 3. The highest BCUT2D eigenvalue weighted by molar-refractivity contribution is 4.83. The first-order valence-corrected chi connectivity index (χ1v) is 4.48. The van der Waals surface area contributed by atoms with Crippen LogP contribution in [0.1, 0.15) is 13.3 Å². The van der Waals surface area contributed by atoms with Gasteiger partial charge in [-0.1, -0.05) is 6.92 Å². The van der Waals surface area contributed by atoms with Gasteiger partial charge in [0.2, 0.25) is 0 Å². The van der Waals surface area contributed by atoms with Gasteiger partial charge in [-0.15, -0.1) is 10.2 Å². The lowest BCUT2D eigenvalue weighted by molar-refractivity contribution is -0.114. The van der Waals surface area contributed by atoms with Crippen LogP contribution >= 0.6 is 0 Å². The van der Waals surface area contributed by atoms with Crippen LogP contribution in [0.25, 0.3) is 0 Å². The third-order valence-electron chi connectivity index (χ3n) is 1.97. The zero-order valence-electron chi connectivity index (χ0n) is 8.67. The van der Waals surface area contributed by atoms with Crippen molar-refractivity contribution in [3.05, 3.63) is 12.7 Å². The standard InChI is InChI=1S/C8H16N4O2/c1-4-7(8(13-2)14-3)11-12-5-9-10-6-12/h5-8,11H,4H2,1-3H3. The van der Waals surface area contributed by atoms with Gasteiger partial charge in [-0.2, -0.15) is 0 Å². The van der Waals surface area contributed by atoms with Crippen molar-refractivity contribution in [2.24, 2.45) is 0 Å². The van der Waals surface area contributed by atoms with E-state index in [1.807, 2.05) is 6.92 Å². The van der Waals surface area contributed by atoms with Crippen molar-refractivity contribution in [1.82, 2.24) is 14.9 Å². The fraction of sp³-hybridized carbons (Fsp3) is 0.750. The summed E-state index contributed by atoms with van der Waals surface area (Å²) in [5.41, 5.74) is 3.15. The van der Waals surface area contributed by atoms with E-state index in [0.717, 1.165) is 6.42 Å². The van der Waals surface area contributed by atoms with Crippen molar-refractivity contribution in [3.8, 4) is 0 Å². The van der Waals surface area contributed by atoms with Gasteiger partial charge in [-0.3, -0.25) is 0 Å². The van der Waals surface area contributed by atoms with E-state index < -0.39 is 0 Å². The molecule has 0 spiro atoms. The Morgan fingerprint density at radius 3 is 2.29 bits per heavy atom. The molecule has 1 aromatic rings. The summed E-state index contributed by atoms with van der Waals surface area (Å²) >= 11 is 0. The van der Waals surface area contributed by atoms with Crippen molar-refractivity contribution < 1.29 is 9.47 Å². The largest absolute Gasteiger partial charge is 0.354 e. The Balaban J connectivity index is 2.53. The first-order chi connectivity index (χ1) is 6.81. The van der Waals surface area contributed by atoms with Gasteiger partial charge >= 0.3 is 0 Å². The van der Waals surface area contributed by atoms with E-state index in [9.17, 15) is 0 Å². The van der Waals surface area contributed by atoms with Gasteiger partial charge in [0, 0.05) is 14.2 Å². The molecule has 1 aromatic heterocycles. The quantitative estimate of drug-likeness (QED) is 0.665. The van der Waals surface area contributed by atoms with Crippen molar-refractivity contribution in [1.29, 1.82) is 0 Å². The van der Waals surface area contributed by atoms with E-state index in [2.05, 4.69) is 15.6 Å². The summed E-state index contributed by atoms with van der Waals surface area (Å²) in [6.45, 7) is 2.05. The summed E-state index contributed by atoms with van der Waals surface area (Å²) in [6, 6.07) is 0.0704. The summed E-state index contributed by atoms with van der Waals surface area (Å²) < 4.78 is 12.0. The molecule has 1 heterocycles. The second kappa shape index (κ2) is 5.56. The number of methoxy groups -OCH3 is 2. The van der Waals surface area contributed by atoms with Crippen molar-refractivity contribution in [2.45, 2.75) is 25.7 Å². The van der Waals surface area contributed by atoms with Gasteiger partial charge < -0.3 is 14.9 Å². The average Bonchev–Trinajstić information content (AvgIpc) is 2.70. The highest BCUT2D eigenvalue weighted by Gasteiger charge is 2.18. The number of hydrogen-bond acceptors (Lipinski definition) is 5. The van der Waals surface area contributed by atoms with Crippen molar-refractivity contribution in [2.75, 3.05) is 19.6 Å². The zero-order chi connectivity index (χ0) is 10.4. The van der Waals surface area contributed by atoms with Crippen LogP contribution in [-0.4, -0.2) is 41.4 Å². The molecule has 0 amide bonds. The second-order valence-electron chi connectivity index (χ2n) is 2.85. The highest BCUT2D eigenvalue weighted by atomic mass is 16.7. The van der Waals surface area contributed by atoms with E-state index >= 15 is 0 Å². The number of rotatable bonds is 6. The molecule has 1 N–H and O–H groups in total. The summed E-state index contributed by atoms with van der Waals surface area (Å²) in [6.07, 6.45) is 3.78. The molecule has 14 heavy (non-hydrogen) atoms. The summed E-state index contributed by atoms with van der Waals surface area (Å²) in [5.74, 6) is 0. The zero-order valence-corrected chi connectivity index (χ0v) is 8.67. The number of nitrogens with zero attached hydrogens (tertiary/aromatic N) is 3. The minimum absolute atomic E-state index is 0.0704. The Kier molecular flexibility index (Phi) is 4.34. The van der Waals surface area contributed by atoms with Crippen LogP contribution in [0.2, 0.25) is 0 Å². The number of hydrogen-bond donors (Lipinski definition) is 1. The van der Waals surface area contributed by atoms with Crippen molar-refractivity contribution >= 4 is 0 Å². The Bertz CT molecular complexity index is 235. The van der Waals surface area contributed by atoms with Gasteiger partial charge in [0.05, 0.1) is 6.04 Å². The Hall–Kier alpha value is -1.14. The molecular formula is C8H16N4O2. The van der Waals surface area contributed by atoms with Gasteiger partial charge in [-0.05, 0) is 6.42 Å². The van der Waals surface area contributed by atoms with Gasteiger partial charge in [-0.25, -0.2) is 4.68 Å². The minimum Gasteiger partial charge on any atom is -0.354 e. The maximum Gasteiger partial charge on any atom is 0.178 e. The third kappa shape index (κ3) is 2.68. The first kappa shape index (κ1) is 10.9. The molecule has 0 aromatic carbocycles. The fourth-order valence-electron chi connectivity index (χ4n) is 1.23. The summed E-state index contributed by atoms with van der Waals surface area (Å²) in [5, 5.41) is 7.38. The molecule has 1 rings (SSSR count). The van der Waals surface area contributed by atoms with Crippen LogP contribution in [0.3, 0.4) is 0 Å². The fourth-order valence-corrected chi connectivity index (χ4v) is 1.23. The SMILES string of the molecule is CCC(Nn1cnnc1)C(OC)OC. The molecule has 0 saturated carbocycles. The molecule has 0 aliphatic heterocycles. The van der Waals surface area contributed by atoms with Gasteiger partial charge in [0.1, 0.15) is 12.7 Å². The van der Waals surface area contributed by atoms with Crippen LogP contribution in [0.5, 0.6) is 0 Å². The van der Waals surface area contributed by atoms with Crippen LogP contribution < -0.4 is 5.43 Å². The highest BCUT2D eigenvalue weighted by Crippen LogP contribution is 2.04. The minimum atomic E-state index is -0.276. The van der Waals surface area contributed by atoms with Crippen LogP contribution in [0, 0.1) is 0 Å². The molecule has 0 radical (unpaired) electrons. The Morgan fingerprint density at radius 2 is 1.86 bits per heavy atom. The van der Waals surface area contributed by atoms with E-state index in [1.165, 1.54) is 0 Å². The van der Waals surface area contributed by atoms with E-state index in [-0.39, 0.29) is 12.3 Å². The average molecular weight is 200 g/mol. The van der Waals surface area contributed by atoms with E-state index in [4.69, 9.17) is 9.47 Å². The van der Waals surface area contributed by atoms with E-state index in [1.54, 1.807) is 31.6 Å². The number of nitrogens with one attached hydrogen (secondary N) is 1. The molecule has 0 aliphatic carbocycles. The molecule has 1 unspecified atom stereocenters. The number of ether oxygens (including phenoxy) is 2. The lowest BCUT2D eigenvalue weighted by Crippen LogP contribution is -2.39. The van der Waals surface area contributed by atoms with Gasteiger partial charge in [0.25, 0.3) is 0 Å². The van der Waals surface area contributed by atoms with Crippen LogP contribution in [-0.2, 0) is 9.47 Å². The predicted octanol–water partition coefficient (Wildman–Crippen LogP) is 0.219. The maximum atomic E-state index is 5.16. The molecule has 6 heteroatoms. The lowest BCUT2D eigenvalue weighted by Gasteiger charge is -2.25. The first-order valence-electron chi connectivity index (χ1n) is 4.48. The Morgan fingerprint density at radius 1 is 1.29 bits per heavy atom. The molecular weight excluding hydrogens is 184 g/mol. The van der Waals surface area contributed by atoms with Crippen LogP contribution in [0.4, 0.5) is 0 Å². The Labute approximate surface area is 83.2 Å².